The van der Waals surface area contributed by atoms with Crippen molar-refractivity contribution in [2.45, 2.75) is 70.8 Å². The number of nitrogens with two attached hydrogens (primary N) is 1. The molecule has 0 aromatic carbocycles. The first kappa shape index (κ1) is 13.3. The Kier molecular flexibility index (Phi) is 3.30. The third kappa shape index (κ3) is 2.51. The molecule has 4 atom stereocenters. The van der Waals surface area contributed by atoms with Crippen LogP contribution in [0.25, 0.3) is 0 Å². The Morgan fingerprint density at radius 2 is 1.88 bits per heavy atom. The lowest BCUT2D eigenvalue weighted by molar-refractivity contribution is -0.0822. The Labute approximate surface area is 105 Å². The van der Waals surface area contributed by atoms with Gasteiger partial charge in [-0.25, -0.2) is 0 Å². The van der Waals surface area contributed by atoms with Crippen molar-refractivity contribution in [1.82, 2.24) is 0 Å². The maximum atomic E-state index is 6.47. The second kappa shape index (κ2) is 4.22. The first-order valence-electron chi connectivity index (χ1n) is 6.80. The van der Waals surface area contributed by atoms with Crippen molar-refractivity contribution in [2.24, 2.45) is 17.6 Å². The molecule has 2 aliphatic heterocycles. The van der Waals surface area contributed by atoms with E-state index in [9.17, 15) is 0 Å². The summed E-state index contributed by atoms with van der Waals surface area (Å²) < 4.78 is 11.9. The van der Waals surface area contributed by atoms with Crippen molar-refractivity contribution < 1.29 is 9.47 Å². The molecule has 0 radical (unpaired) electrons. The number of hydrogen-bond donors (Lipinski definition) is 1. The molecule has 0 aliphatic carbocycles. The summed E-state index contributed by atoms with van der Waals surface area (Å²) in [5.74, 6) is 0.951. The van der Waals surface area contributed by atoms with Crippen LogP contribution in [0.4, 0.5) is 0 Å². The lowest BCUT2D eigenvalue weighted by Crippen LogP contribution is -2.49. The fourth-order valence-electron chi connectivity index (χ4n) is 3.64. The van der Waals surface area contributed by atoms with Gasteiger partial charge < -0.3 is 15.2 Å². The highest BCUT2D eigenvalue weighted by Gasteiger charge is 2.51. The maximum absolute atomic E-state index is 6.47. The molecular formula is C14H27NO2. The van der Waals surface area contributed by atoms with Gasteiger partial charge in [-0.1, -0.05) is 6.92 Å². The minimum atomic E-state index is -0.144. The van der Waals surface area contributed by atoms with Crippen molar-refractivity contribution in [2.75, 3.05) is 6.61 Å². The van der Waals surface area contributed by atoms with Gasteiger partial charge >= 0.3 is 0 Å². The number of hydrogen-bond acceptors (Lipinski definition) is 3. The zero-order valence-electron chi connectivity index (χ0n) is 11.8. The summed E-state index contributed by atoms with van der Waals surface area (Å²) in [6.07, 6.45) is 2.36. The van der Waals surface area contributed by atoms with Crippen LogP contribution in [0.3, 0.4) is 0 Å². The maximum Gasteiger partial charge on any atom is 0.0756 e. The van der Waals surface area contributed by atoms with Crippen molar-refractivity contribution >= 4 is 0 Å². The highest BCUT2D eigenvalue weighted by Crippen LogP contribution is 2.45. The van der Waals surface area contributed by atoms with Gasteiger partial charge in [0.2, 0.25) is 0 Å². The van der Waals surface area contributed by atoms with E-state index in [1.807, 2.05) is 0 Å². The van der Waals surface area contributed by atoms with Crippen LogP contribution in [0.1, 0.15) is 47.5 Å². The molecule has 2 aliphatic rings. The predicted molar refractivity (Wildman–Crippen MR) is 68.8 cm³/mol. The van der Waals surface area contributed by atoms with Crippen LogP contribution in [-0.4, -0.2) is 30.0 Å². The van der Waals surface area contributed by atoms with Gasteiger partial charge in [-0.3, -0.25) is 0 Å². The SMILES string of the molecule is CC1CCOC1C(N)C1CC(C)(C)OC1(C)C. The third-order valence-electron chi connectivity index (χ3n) is 4.43. The molecular weight excluding hydrogens is 214 g/mol. The van der Waals surface area contributed by atoms with Crippen LogP contribution in [0.15, 0.2) is 0 Å². The lowest BCUT2D eigenvalue weighted by atomic mass is 9.78. The summed E-state index contributed by atoms with van der Waals surface area (Å²) >= 11 is 0. The molecule has 4 unspecified atom stereocenters. The van der Waals surface area contributed by atoms with Crippen molar-refractivity contribution in [3.05, 3.63) is 0 Å². The Morgan fingerprint density at radius 3 is 2.29 bits per heavy atom. The third-order valence-corrected chi connectivity index (χ3v) is 4.43. The molecule has 2 rings (SSSR count). The molecule has 17 heavy (non-hydrogen) atoms. The monoisotopic (exact) mass is 241 g/mol. The van der Waals surface area contributed by atoms with Crippen LogP contribution >= 0.6 is 0 Å². The standard InChI is InChI=1S/C14H27NO2/c1-9-6-7-16-12(9)11(15)10-8-13(2,3)17-14(10,4)5/h9-12H,6-8,15H2,1-5H3. The molecule has 0 aromatic heterocycles. The molecule has 0 spiro atoms. The predicted octanol–water partition coefficient (Wildman–Crippen LogP) is 2.33. The van der Waals surface area contributed by atoms with Crippen LogP contribution < -0.4 is 5.73 Å². The zero-order valence-corrected chi connectivity index (χ0v) is 11.8. The van der Waals surface area contributed by atoms with Crippen LogP contribution in [0, 0.1) is 11.8 Å². The molecule has 0 saturated carbocycles. The molecule has 0 aromatic rings. The fraction of sp³-hybridized carbons (Fsp3) is 1.00. The van der Waals surface area contributed by atoms with Gasteiger partial charge in [-0.2, -0.15) is 0 Å². The van der Waals surface area contributed by atoms with E-state index in [4.69, 9.17) is 15.2 Å². The van der Waals surface area contributed by atoms with Gasteiger partial charge in [-0.15, -0.1) is 0 Å². The second-order valence-electron chi connectivity index (χ2n) is 6.95. The van der Waals surface area contributed by atoms with Crippen LogP contribution in [0.2, 0.25) is 0 Å². The van der Waals surface area contributed by atoms with Crippen molar-refractivity contribution in [3.8, 4) is 0 Å². The smallest absolute Gasteiger partial charge is 0.0756 e. The average molecular weight is 241 g/mol. The van der Waals surface area contributed by atoms with E-state index in [0.29, 0.717) is 11.8 Å². The second-order valence-corrected chi connectivity index (χ2v) is 6.95. The van der Waals surface area contributed by atoms with Crippen LogP contribution in [-0.2, 0) is 9.47 Å². The Morgan fingerprint density at radius 1 is 1.24 bits per heavy atom. The van der Waals surface area contributed by atoms with Crippen molar-refractivity contribution in [1.29, 1.82) is 0 Å². The average Bonchev–Trinajstić information content (AvgIpc) is 2.66. The van der Waals surface area contributed by atoms with E-state index in [2.05, 4.69) is 34.6 Å². The van der Waals surface area contributed by atoms with E-state index in [0.717, 1.165) is 19.4 Å². The normalized spacial score (nSPS) is 41.6. The summed E-state index contributed by atoms with van der Waals surface area (Å²) in [5, 5.41) is 0. The van der Waals surface area contributed by atoms with Gasteiger partial charge in [0.05, 0.1) is 17.3 Å². The van der Waals surface area contributed by atoms with Crippen LogP contribution in [0.5, 0.6) is 0 Å². The van der Waals surface area contributed by atoms with Crippen molar-refractivity contribution in [3.63, 3.8) is 0 Å². The summed E-state index contributed by atoms with van der Waals surface area (Å²) in [7, 11) is 0. The van der Waals surface area contributed by atoms with E-state index in [1.54, 1.807) is 0 Å². The Hall–Kier alpha value is -0.120. The first-order chi connectivity index (χ1) is 7.73. The minimum Gasteiger partial charge on any atom is -0.376 e. The number of ether oxygens (including phenoxy) is 2. The molecule has 2 fully saturated rings. The summed E-state index contributed by atoms with van der Waals surface area (Å²) in [4.78, 5) is 0. The molecule has 2 heterocycles. The van der Waals surface area contributed by atoms with E-state index in [-0.39, 0.29) is 23.3 Å². The lowest BCUT2D eigenvalue weighted by Gasteiger charge is -2.34. The Balaban J connectivity index is 2.11. The minimum absolute atomic E-state index is 0.0619. The van der Waals surface area contributed by atoms with E-state index in [1.165, 1.54) is 0 Å². The highest BCUT2D eigenvalue weighted by molar-refractivity contribution is 5.02. The number of rotatable bonds is 2. The molecule has 3 heteroatoms. The molecule has 0 bridgehead atoms. The molecule has 0 amide bonds. The summed E-state index contributed by atoms with van der Waals surface area (Å²) in [6, 6.07) is 0.0873. The molecule has 2 saturated heterocycles. The van der Waals surface area contributed by atoms with Gasteiger partial charge in [0.1, 0.15) is 0 Å². The van der Waals surface area contributed by atoms with E-state index < -0.39 is 0 Å². The van der Waals surface area contributed by atoms with Gasteiger partial charge in [-0.05, 0) is 46.5 Å². The topological polar surface area (TPSA) is 44.5 Å². The highest BCUT2D eigenvalue weighted by atomic mass is 16.5. The van der Waals surface area contributed by atoms with Gasteiger partial charge in [0.15, 0.2) is 0 Å². The van der Waals surface area contributed by atoms with Gasteiger partial charge in [0, 0.05) is 18.6 Å². The largest absolute Gasteiger partial charge is 0.376 e. The summed E-state index contributed by atoms with van der Waals surface area (Å²) in [6.45, 7) is 11.7. The van der Waals surface area contributed by atoms with Gasteiger partial charge in [0.25, 0.3) is 0 Å². The summed E-state index contributed by atoms with van der Waals surface area (Å²) in [5.41, 5.74) is 6.26. The molecule has 3 nitrogen and oxygen atoms in total. The molecule has 2 N–H and O–H groups in total. The quantitative estimate of drug-likeness (QED) is 0.807. The molecule has 100 valence electrons. The first-order valence-corrected chi connectivity index (χ1v) is 6.80. The zero-order chi connectivity index (χ0) is 12.8. The Bertz CT molecular complexity index is 288. The van der Waals surface area contributed by atoms with E-state index >= 15 is 0 Å². The fourth-order valence-corrected chi connectivity index (χ4v) is 3.64.